The first kappa shape index (κ1) is 15.5. The summed E-state index contributed by atoms with van der Waals surface area (Å²) in [7, 11) is 0. The zero-order chi connectivity index (χ0) is 15.9. The number of nitrogens with zero attached hydrogens (tertiary/aromatic N) is 2. The van der Waals surface area contributed by atoms with E-state index in [1.54, 1.807) is 18.6 Å². The Morgan fingerprint density at radius 3 is 2.83 bits per heavy atom. The average molecular weight is 313 g/mol. The van der Waals surface area contributed by atoms with Crippen LogP contribution in [0.5, 0.6) is 0 Å². The summed E-state index contributed by atoms with van der Waals surface area (Å²) in [5, 5.41) is 6.45. The van der Waals surface area contributed by atoms with Gasteiger partial charge in [-0.15, -0.1) is 0 Å². The van der Waals surface area contributed by atoms with Crippen molar-refractivity contribution in [2.24, 2.45) is 5.92 Å². The Bertz CT molecular complexity index is 591. The van der Waals surface area contributed by atoms with Gasteiger partial charge in [0.15, 0.2) is 0 Å². The van der Waals surface area contributed by atoms with E-state index >= 15 is 0 Å². The molecule has 0 spiro atoms. The van der Waals surface area contributed by atoms with E-state index in [0.29, 0.717) is 12.6 Å². The van der Waals surface area contributed by atoms with Crippen molar-refractivity contribution in [1.82, 2.24) is 20.3 Å². The third-order valence-electron chi connectivity index (χ3n) is 4.37. The van der Waals surface area contributed by atoms with E-state index in [-0.39, 0.29) is 11.8 Å². The highest BCUT2D eigenvalue weighted by molar-refractivity contribution is 5.78. The van der Waals surface area contributed by atoms with Crippen LogP contribution in [-0.2, 0) is 11.2 Å². The van der Waals surface area contributed by atoms with Crippen LogP contribution in [0.25, 0.3) is 0 Å². The second-order valence-corrected chi connectivity index (χ2v) is 6.02. The molecule has 0 aromatic carbocycles. The van der Waals surface area contributed by atoms with E-state index in [1.807, 2.05) is 18.3 Å². The Labute approximate surface area is 136 Å². The highest BCUT2D eigenvalue weighted by Crippen LogP contribution is 2.26. The minimum Gasteiger partial charge on any atom is -0.366 e. The van der Waals surface area contributed by atoms with Gasteiger partial charge >= 0.3 is 0 Å². The molecule has 2 aromatic heterocycles. The molecule has 3 N–H and O–H groups in total. The molecule has 6 heteroatoms. The van der Waals surface area contributed by atoms with Gasteiger partial charge in [0.1, 0.15) is 5.82 Å². The first-order valence-electron chi connectivity index (χ1n) is 8.24. The smallest absolute Gasteiger partial charge is 0.223 e. The summed E-state index contributed by atoms with van der Waals surface area (Å²) in [6.45, 7) is 0.692. The lowest BCUT2D eigenvalue weighted by Gasteiger charge is -2.28. The van der Waals surface area contributed by atoms with Gasteiger partial charge < -0.3 is 15.6 Å². The van der Waals surface area contributed by atoms with Crippen LogP contribution in [0.1, 0.15) is 31.4 Å². The fourth-order valence-electron chi connectivity index (χ4n) is 3.07. The highest BCUT2D eigenvalue weighted by Gasteiger charge is 2.26. The maximum absolute atomic E-state index is 12.2. The van der Waals surface area contributed by atoms with Crippen LogP contribution < -0.4 is 10.6 Å². The maximum atomic E-state index is 12.2. The maximum Gasteiger partial charge on any atom is 0.223 e. The van der Waals surface area contributed by atoms with Gasteiger partial charge in [-0.05, 0) is 37.8 Å². The quantitative estimate of drug-likeness (QED) is 0.763. The molecular formula is C17H23N5O. The fraction of sp³-hybridized carbons (Fsp3) is 0.471. The Kier molecular flexibility index (Phi) is 5.24. The molecule has 1 saturated carbocycles. The van der Waals surface area contributed by atoms with Crippen LogP contribution in [0, 0.1) is 5.92 Å². The monoisotopic (exact) mass is 313 g/mol. The molecule has 122 valence electrons. The number of nitrogens with one attached hydrogen (secondary N) is 3. The summed E-state index contributed by atoms with van der Waals surface area (Å²) in [6, 6.07) is 4.40. The molecule has 0 atom stereocenters. The molecule has 1 aliphatic rings. The highest BCUT2D eigenvalue weighted by atomic mass is 16.1. The second kappa shape index (κ2) is 7.76. The van der Waals surface area contributed by atoms with Crippen LogP contribution in [-0.4, -0.2) is 33.4 Å². The lowest BCUT2D eigenvalue weighted by atomic mass is 9.85. The van der Waals surface area contributed by atoms with Crippen molar-refractivity contribution < 1.29 is 4.79 Å². The zero-order valence-corrected chi connectivity index (χ0v) is 13.2. The Hall–Kier alpha value is -2.37. The standard InChI is InChI=1S/C17H23N5O/c23-17(21-9-7-14-2-1-8-19-14)13-3-5-15(6-4-13)22-16-12-18-10-11-20-16/h1-2,8,10-13,15,19H,3-7,9H2,(H,20,22)(H,21,23). The minimum absolute atomic E-state index is 0.138. The second-order valence-electron chi connectivity index (χ2n) is 6.02. The van der Waals surface area contributed by atoms with Gasteiger partial charge in [-0.2, -0.15) is 0 Å². The average Bonchev–Trinajstić information content (AvgIpc) is 3.10. The van der Waals surface area contributed by atoms with Gasteiger partial charge in [-0.3, -0.25) is 9.78 Å². The molecular weight excluding hydrogens is 290 g/mol. The number of hydrogen-bond donors (Lipinski definition) is 3. The third-order valence-corrected chi connectivity index (χ3v) is 4.37. The molecule has 6 nitrogen and oxygen atoms in total. The van der Waals surface area contributed by atoms with Crippen molar-refractivity contribution in [3.05, 3.63) is 42.6 Å². The molecule has 2 heterocycles. The summed E-state index contributed by atoms with van der Waals surface area (Å²) in [4.78, 5) is 23.7. The first-order chi connectivity index (χ1) is 11.3. The molecule has 2 aromatic rings. The van der Waals surface area contributed by atoms with E-state index in [0.717, 1.165) is 43.6 Å². The van der Waals surface area contributed by atoms with Crippen molar-refractivity contribution in [2.75, 3.05) is 11.9 Å². The lowest BCUT2D eigenvalue weighted by Crippen LogP contribution is -2.36. The molecule has 23 heavy (non-hydrogen) atoms. The van der Waals surface area contributed by atoms with Crippen LogP contribution >= 0.6 is 0 Å². The van der Waals surface area contributed by atoms with Crippen LogP contribution in [0.2, 0.25) is 0 Å². The summed E-state index contributed by atoms with van der Waals surface area (Å²) in [5.74, 6) is 1.14. The van der Waals surface area contributed by atoms with Crippen molar-refractivity contribution >= 4 is 11.7 Å². The Morgan fingerprint density at radius 2 is 2.13 bits per heavy atom. The normalized spacial score (nSPS) is 20.9. The molecule has 3 rings (SSSR count). The Morgan fingerprint density at radius 1 is 1.26 bits per heavy atom. The zero-order valence-electron chi connectivity index (χ0n) is 13.2. The number of carbonyl (C=O) groups is 1. The molecule has 1 aliphatic carbocycles. The predicted molar refractivity (Wildman–Crippen MR) is 88.9 cm³/mol. The van der Waals surface area contributed by atoms with Crippen molar-refractivity contribution in [2.45, 2.75) is 38.1 Å². The number of H-pyrrole nitrogens is 1. The Balaban J connectivity index is 1.37. The van der Waals surface area contributed by atoms with Gasteiger partial charge in [0, 0.05) is 49.2 Å². The van der Waals surface area contributed by atoms with E-state index in [9.17, 15) is 4.79 Å². The van der Waals surface area contributed by atoms with E-state index in [1.165, 1.54) is 0 Å². The number of aromatic nitrogens is 3. The number of hydrogen-bond acceptors (Lipinski definition) is 4. The van der Waals surface area contributed by atoms with E-state index in [2.05, 4.69) is 25.6 Å². The van der Waals surface area contributed by atoms with Gasteiger partial charge in [0.05, 0.1) is 6.20 Å². The first-order valence-corrected chi connectivity index (χ1v) is 8.24. The van der Waals surface area contributed by atoms with Crippen LogP contribution in [0.4, 0.5) is 5.82 Å². The molecule has 0 bridgehead atoms. The topological polar surface area (TPSA) is 82.7 Å². The van der Waals surface area contributed by atoms with Gasteiger partial charge in [0.2, 0.25) is 5.91 Å². The van der Waals surface area contributed by atoms with Gasteiger partial charge in [-0.1, -0.05) is 0 Å². The van der Waals surface area contributed by atoms with Crippen molar-refractivity contribution in [1.29, 1.82) is 0 Å². The minimum atomic E-state index is 0.138. The largest absolute Gasteiger partial charge is 0.366 e. The van der Waals surface area contributed by atoms with Crippen molar-refractivity contribution in [3.8, 4) is 0 Å². The van der Waals surface area contributed by atoms with Crippen LogP contribution in [0.3, 0.4) is 0 Å². The molecule has 0 radical (unpaired) electrons. The van der Waals surface area contributed by atoms with E-state index < -0.39 is 0 Å². The molecule has 0 unspecified atom stereocenters. The predicted octanol–water partition coefficient (Wildman–Crippen LogP) is 2.13. The number of rotatable bonds is 6. The third kappa shape index (κ3) is 4.55. The number of aromatic amines is 1. The SMILES string of the molecule is O=C(NCCc1ccc[nH]1)C1CCC(Nc2cnccn2)CC1. The molecule has 1 fully saturated rings. The summed E-state index contributed by atoms with van der Waals surface area (Å²) >= 11 is 0. The molecule has 0 saturated heterocycles. The number of amides is 1. The lowest BCUT2D eigenvalue weighted by molar-refractivity contribution is -0.125. The molecule has 0 aliphatic heterocycles. The number of carbonyl (C=O) groups excluding carboxylic acids is 1. The summed E-state index contributed by atoms with van der Waals surface area (Å²) in [6.07, 6.45) is 11.7. The van der Waals surface area contributed by atoms with Crippen LogP contribution in [0.15, 0.2) is 36.9 Å². The van der Waals surface area contributed by atoms with E-state index in [4.69, 9.17) is 0 Å². The van der Waals surface area contributed by atoms with Crippen molar-refractivity contribution in [3.63, 3.8) is 0 Å². The molecule has 1 amide bonds. The number of anilines is 1. The van der Waals surface area contributed by atoms with Gasteiger partial charge in [0.25, 0.3) is 0 Å². The van der Waals surface area contributed by atoms with Gasteiger partial charge in [-0.25, -0.2) is 4.98 Å². The summed E-state index contributed by atoms with van der Waals surface area (Å²) < 4.78 is 0. The summed E-state index contributed by atoms with van der Waals surface area (Å²) in [5.41, 5.74) is 1.15. The fourth-order valence-corrected chi connectivity index (χ4v) is 3.07.